The van der Waals surface area contributed by atoms with Crippen LogP contribution in [-0.2, 0) is 0 Å². The molecule has 0 aliphatic carbocycles. The Morgan fingerprint density at radius 3 is 2.09 bits per heavy atom. The molecule has 0 bridgehead atoms. The van der Waals surface area contributed by atoms with Gasteiger partial charge in [-0.2, -0.15) is 0 Å². The van der Waals surface area contributed by atoms with Crippen molar-refractivity contribution in [2.75, 3.05) is 5.88 Å². The Hall–Kier alpha value is 0.467. The molecule has 0 aliphatic rings. The molecule has 1 N–H and O–H groups in total. The summed E-state index contributed by atoms with van der Waals surface area (Å²) >= 11 is 5.59. The summed E-state index contributed by atoms with van der Waals surface area (Å²) in [7, 11) is -1.98. The summed E-state index contributed by atoms with van der Waals surface area (Å²) in [6.45, 7) is 8.24. The van der Waals surface area contributed by atoms with E-state index in [0.29, 0.717) is 5.88 Å². The highest BCUT2D eigenvalue weighted by molar-refractivity contribution is 6.72. The van der Waals surface area contributed by atoms with E-state index in [0.717, 1.165) is 12.8 Å². The summed E-state index contributed by atoms with van der Waals surface area (Å²) in [5, 5.41) is 0.0991. The normalized spacial score (nSPS) is 13.6. The zero-order valence-electron chi connectivity index (χ0n) is 7.95. The van der Waals surface area contributed by atoms with E-state index in [2.05, 4.69) is 13.8 Å². The van der Waals surface area contributed by atoms with E-state index >= 15 is 0 Å². The molecule has 0 rings (SSSR count). The maximum atomic E-state index is 9.87. The van der Waals surface area contributed by atoms with Crippen LogP contribution in [0.3, 0.4) is 0 Å². The van der Waals surface area contributed by atoms with Crippen molar-refractivity contribution in [1.29, 1.82) is 0 Å². The zero-order valence-corrected chi connectivity index (χ0v) is 9.70. The molecule has 0 fully saturated rings. The highest BCUT2D eigenvalue weighted by atomic mass is 35.5. The fourth-order valence-corrected chi connectivity index (χ4v) is 1.74. The molecule has 68 valence electrons. The van der Waals surface area contributed by atoms with Gasteiger partial charge in [0, 0.05) is 5.88 Å². The lowest BCUT2D eigenvalue weighted by Crippen LogP contribution is -2.38. The summed E-state index contributed by atoms with van der Waals surface area (Å²) in [6, 6.07) is 0. The molecule has 0 unspecified atom stereocenters. The first-order chi connectivity index (χ1) is 4.81. The van der Waals surface area contributed by atoms with Gasteiger partial charge in [0.15, 0.2) is 8.32 Å². The molecule has 0 spiro atoms. The Kier molecular flexibility index (Phi) is 4.09. The van der Waals surface area contributed by atoms with Gasteiger partial charge in [0.05, 0.1) is 0 Å². The monoisotopic (exact) mass is 194 g/mol. The highest BCUT2D eigenvalue weighted by Crippen LogP contribution is 2.39. The molecule has 0 amide bonds. The topological polar surface area (TPSA) is 20.2 Å². The first-order valence-corrected chi connectivity index (χ1v) is 7.58. The average molecular weight is 195 g/mol. The standard InChI is InChI=1S/C8H19ClOSi/c1-8(2,6-5-7-9)11(3,4)10/h10H,5-7H2,1-4H3. The minimum absolute atomic E-state index is 0.0991. The Labute approximate surface area is 75.9 Å². The van der Waals surface area contributed by atoms with Crippen LogP contribution >= 0.6 is 11.6 Å². The molecular weight excluding hydrogens is 176 g/mol. The van der Waals surface area contributed by atoms with Crippen LogP contribution in [-0.4, -0.2) is 19.0 Å². The van der Waals surface area contributed by atoms with Gasteiger partial charge in [-0.15, -0.1) is 11.6 Å². The SMILES string of the molecule is CC(C)(CCCCl)[Si](C)(C)O. The van der Waals surface area contributed by atoms with E-state index in [1.165, 1.54) is 0 Å². The summed E-state index contributed by atoms with van der Waals surface area (Å²) < 4.78 is 0. The number of halogens is 1. The molecule has 3 heteroatoms. The summed E-state index contributed by atoms with van der Waals surface area (Å²) in [6.07, 6.45) is 2.04. The van der Waals surface area contributed by atoms with Gasteiger partial charge < -0.3 is 4.80 Å². The molecule has 0 aliphatic heterocycles. The van der Waals surface area contributed by atoms with Gasteiger partial charge in [-0.1, -0.05) is 13.8 Å². The van der Waals surface area contributed by atoms with Crippen LogP contribution < -0.4 is 0 Å². The quantitative estimate of drug-likeness (QED) is 0.539. The molecule has 0 saturated heterocycles. The number of alkyl halides is 1. The van der Waals surface area contributed by atoms with Crippen LogP contribution in [0.25, 0.3) is 0 Å². The summed E-state index contributed by atoms with van der Waals surface area (Å²) in [5.74, 6) is 0.702. The van der Waals surface area contributed by atoms with E-state index in [1.54, 1.807) is 0 Å². The second-order valence-corrected chi connectivity index (χ2v) is 9.08. The third-order valence-corrected chi connectivity index (χ3v) is 6.42. The van der Waals surface area contributed by atoms with E-state index in [-0.39, 0.29) is 5.04 Å². The lowest BCUT2D eigenvalue weighted by Gasteiger charge is -2.34. The van der Waals surface area contributed by atoms with Crippen LogP contribution in [0.1, 0.15) is 26.7 Å². The van der Waals surface area contributed by atoms with Crippen molar-refractivity contribution in [2.24, 2.45) is 0 Å². The fraction of sp³-hybridized carbons (Fsp3) is 1.00. The Morgan fingerprint density at radius 1 is 1.36 bits per heavy atom. The van der Waals surface area contributed by atoms with Crippen molar-refractivity contribution in [3.8, 4) is 0 Å². The number of hydrogen-bond donors (Lipinski definition) is 1. The Balaban J connectivity index is 4.00. The molecule has 1 nitrogen and oxygen atoms in total. The summed E-state index contributed by atoms with van der Waals surface area (Å²) in [5.41, 5.74) is 0. The maximum Gasteiger partial charge on any atom is 0.188 e. The third-order valence-electron chi connectivity index (χ3n) is 2.59. The zero-order chi connectivity index (χ0) is 9.12. The van der Waals surface area contributed by atoms with Gasteiger partial charge >= 0.3 is 0 Å². The second-order valence-electron chi connectivity index (χ2n) is 4.24. The molecule has 0 aromatic carbocycles. The number of hydrogen-bond acceptors (Lipinski definition) is 1. The lowest BCUT2D eigenvalue weighted by molar-refractivity contribution is 0.449. The third kappa shape index (κ3) is 3.59. The fourth-order valence-electron chi connectivity index (χ4n) is 0.815. The molecular formula is C8H19ClOSi. The van der Waals surface area contributed by atoms with Crippen LogP contribution in [0.2, 0.25) is 18.1 Å². The van der Waals surface area contributed by atoms with Crippen molar-refractivity contribution in [3.63, 3.8) is 0 Å². The molecule has 11 heavy (non-hydrogen) atoms. The van der Waals surface area contributed by atoms with Crippen molar-refractivity contribution < 1.29 is 4.80 Å². The second kappa shape index (κ2) is 3.92. The van der Waals surface area contributed by atoms with E-state index in [4.69, 9.17) is 11.6 Å². The van der Waals surface area contributed by atoms with Crippen LogP contribution in [0, 0.1) is 0 Å². The Bertz CT molecular complexity index is 118. The van der Waals surface area contributed by atoms with Crippen molar-refractivity contribution in [1.82, 2.24) is 0 Å². The largest absolute Gasteiger partial charge is 0.432 e. The van der Waals surface area contributed by atoms with E-state index < -0.39 is 8.32 Å². The van der Waals surface area contributed by atoms with Crippen molar-refractivity contribution >= 4 is 19.9 Å². The van der Waals surface area contributed by atoms with Gasteiger partial charge in [-0.3, -0.25) is 0 Å². The van der Waals surface area contributed by atoms with Crippen LogP contribution in [0.4, 0.5) is 0 Å². The van der Waals surface area contributed by atoms with Gasteiger partial charge in [0.2, 0.25) is 0 Å². The lowest BCUT2D eigenvalue weighted by atomic mass is 10.1. The van der Waals surface area contributed by atoms with Crippen LogP contribution in [0.5, 0.6) is 0 Å². The first kappa shape index (κ1) is 11.5. The van der Waals surface area contributed by atoms with Crippen molar-refractivity contribution in [3.05, 3.63) is 0 Å². The average Bonchev–Trinajstić information content (AvgIpc) is 1.81. The molecule has 0 atom stereocenters. The molecule has 0 saturated carbocycles. The van der Waals surface area contributed by atoms with E-state index in [9.17, 15) is 4.80 Å². The summed E-state index contributed by atoms with van der Waals surface area (Å²) in [4.78, 5) is 9.87. The minimum atomic E-state index is -1.98. The van der Waals surface area contributed by atoms with Gasteiger partial charge in [0.1, 0.15) is 0 Å². The number of rotatable bonds is 4. The van der Waals surface area contributed by atoms with Crippen LogP contribution in [0.15, 0.2) is 0 Å². The minimum Gasteiger partial charge on any atom is -0.432 e. The molecule has 0 aromatic rings. The predicted octanol–water partition coefficient (Wildman–Crippen LogP) is 2.98. The maximum absolute atomic E-state index is 9.87. The van der Waals surface area contributed by atoms with Gasteiger partial charge in [-0.25, -0.2) is 0 Å². The Morgan fingerprint density at radius 2 is 1.82 bits per heavy atom. The highest BCUT2D eigenvalue weighted by Gasteiger charge is 2.36. The van der Waals surface area contributed by atoms with Gasteiger partial charge in [-0.05, 0) is 31.0 Å². The molecule has 0 radical (unpaired) electrons. The van der Waals surface area contributed by atoms with Gasteiger partial charge in [0.25, 0.3) is 0 Å². The first-order valence-electron chi connectivity index (χ1n) is 4.09. The molecule has 0 heterocycles. The smallest absolute Gasteiger partial charge is 0.188 e. The van der Waals surface area contributed by atoms with Crippen molar-refractivity contribution in [2.45, 2.75) is 44.8 Å². The molecule has 0 aromatic heterocycles. The predicted molar refractivity (Wildman–Crippen MR) is 53.7 cm³/mol. The van der Waals surface area contributed by atoms with E-state index in [1.807, 2.05) is 13.1 Å².